The van der Waals surface area contributed by atoms with Gasteiger partial charge in [0.2, 0.25) is 11.8 Å². The lowest BCUT2D eigenvalue weighted by Gasteiger charge is -2.34. The molecule has 0 spiro atoms. The molecule has 174 valence electrons. The average Bonchev–Trinajstić information content (AvgIpc) is 2.71. The van der Waals surface area contributed by atoms with E-state index in [1.54, 1.807) is 6.07 Å². The van der Waals surface area contributed by atoms with Crippen molar-refractivity contribution in [3.8, 4) is 5.88 Å². The van der Waals surface area contributed by atoms with Crippen molar-refractivity contribution in [2.24, 2.45) is 5.92 Å². The molecule has 1 aliphatic carbocycles. The minimum Gasteiger partial charge on any atom is -0.476 e. The molecule has 1 saturated carbocycles. The molecule has 3 rings (SSSR count). The van der Waals surface area contributed by atoms with Crippen LogP contribution < -0.4 is 15.4 Å². The van der Waals surface area contributed by atoms with Crippen molar-refractivity contribution in [2.45, 2.75) is 38.6 Å². The first-order valence-electron chi connectivity index (χ1n) is 10.1. The molecule has 1 aromatic carbocycles. The van der Waals surface area contributed by atoms with Gasteiger partial charge in [-0.1, -0.05) is 23.7 Å². The lowest BCUT2D eigenvalue weighted by Crippen LogP contribution is -2.37. The van der Waals surface area contributed by atoms with E-state index >= 15 is 0 Å². The minimum atomic E-state index is -4.40. The van der Waals surface area contributed by atoms with E-state index in [-0.39, 0.29) is 35.3 Å². The van der Waals surface area contributed by atoms with E-state index in [2.05, 4.69) is 20.6 Å². The van der Waals surface area contributed by atoms with Gasteiger partial charge in [-0.3, -0.25) is 4.79 Å². The Hall–Kier alpha value is -2.59. The number of aromatic nitrogens is 2. The molecule has 32 heavy (non-hydrogen) atoms. The van der Waals surface area contributed by atoms with Gasteiger partial charge in [0, 0.05) is 20.0 Å². The minimum absolute atomic E-state index is 0.0844. The fourth-order valence-corrected chi connectivity index (χ4v) is 3.44. The van der Waals surface area contributed by atoms with Crippen LogP contribution in [-0.2, 0) is 22.3 Å². The standard InChI is InChI=1S/C21H24ClF3N4O3/c1-13(30)26-5-6-31-17-8-15(9-17)11-32-20-18(22)19(28-12-29-20)27-10-14-3-2-4-16(7-14)21(23,24)25/h2-4,7,12,15,17H,5-6,8-11H2,1H3,(H,26,30)(H,27,28,29)/t15-,17-. The first-order valence-corrected chi connectivity index (χ1v) is 10.5. The number of carbonyl (C=O) groups is 1. The highest BCUT2D eigenvalue weighted by atomic mass is 35.5. The molecule has 1 fully saturated rings. The van der Waals surface area contributed by atoms with Gasteiger partial charge < -0.3 is 20.1 Å². The summed E-state index contributed by atoms with van der Waals surface area (Å²) < 4.78 is 50.0. The third-order valence-electron chi connectivity index (χ3n) is 4.95. The Morgan fingerprint density at radius 2 is 2.06 bits per heavy atom. The maximum atomic E-state index is 12.9. The van der Waals surface area contributed by atoms with Gasteiger partial charge >= 0.3 is 6.18 Å². The number of benzene rings is 1. The Kier molecular flexibility index (Phi) is 8.14. The molecule has 0 saturated heterocycles. The molecule has 11 heteroatoms. The summed E-state index contributed by atoms with van der Waals surface area (Å²) in [6.07, 6.45) is -1.30. The predicted molar refractivity (Wildman–Crippen MR) is 112 cm³/mol. The summed E-state index contributed by atoms with van der Waals surface area (Å²) in [5.41, 5.74) is -0.275. The molecular weight excluding hydrogens is 449 g/mol. The molecule has 2 N–H and O–H groups in total. The highest BCUT2D eigenvalue weighted by molar-refractivity contribution is 6.34. The lowest BCUT2D eigenvalue weighted by molar-refractivity contribution is -0.137. The number of halogens is 4. The molecular formula is C21H24ClF3N4O3. The van der Waals surface area contributed by atoms with Crippen LogP contribution in [0.2, 0.25) is 5.02 Å². The molecule has 1 aromatic heterocycles. The Balaban J connectivity index is 1.45. The van der Waals surface area contributed by atoms with Crippen LogP contribution in [0, 0.1) is 5.92 Å². The first kappa shape index (κ1) is 24.1. The SMILES string of the molecule is CC(=O)NCCO[C@H]1C[C@H](COc2ncnc(NCc3cccc(C(F)(F)F)c3)c2Cl)C1. The van der Waals surface area contributed by atoms with Crippen LogP contribution in [0.4, 0.5) is 19.0 Å². The van der Waals surface area contributed by atoms with Crippen LogP contribution in [0.15, 0.2) is 30.6 Å². The first-order chi connectivity index (χ1) is 15.2. The summed E-state index contributed by atoms with van der Waals surface area (Å²) >= 11 is 6.31. The normalized spacial score (nSPS) is 18.0. The molecule has 0 radical (unpaired) electrons. The molecule has 0 atom stereocenters. The lowest BCUT2D eigenvalue weighted by atomic mass is 9.83. The van der Waals surface area contributed by atoms with Crippen LogP contribution in [0.25, 0.3) is 0 Å². The van der Waals surface area contributed by atoms with Crippen molar-refractivity contribution < 1.29 is 27.4 Å². The van der Waals surface area contributed by atoms with E-state index in [0.717, 1.165) is 25.0 Å². The average molecular weight is 473 g/mol. The number of hydrogen-bond acceptors (Lipinski definition) is 6. The van der Waals surface area contributed by atoms with Crippen LogP contribution >= 0.6 is 11.6 Å². The molecule has 1 amide bonds. The number of anilines is 1. The number of nitrogens with zero attached hydrogens (tertiary/aromatic N) is 2. The monoisotopic (exact) mass is 472 g/mol. The molecule has 0 unspecified atom stereocenters. The van der Waals surface area contributed by atoms with Crippen LogP contribution in [-0.4, -0.2) is 41.7 Å². The topological polar surface area (TPSA) is 85.4 Å². The Bertz CT molecular complexity index is 923. The summed E-state index contributed by atoms with van der Waals surface area (Å²) in [5.74, 6) is 0.706. The summed E-state index contributed by atoms with van der Waals surface area (Å²) in [4.78, 5) is 18.9. The molecule has 2 aromatic rings. The summed E-state index contributed by atoms with van der Waals surface area (Å²) in [6.45, 7) is 2.94. The molecule has 0 bridgehead atoms. The fourth-order valence-electron chi connectivity index (χ4n) is 3.22. The van der Waals surface area contributed by atoms with Gasteiger partial charge in [-0.15, -0.1) is 0 Å². The number of amides is 1. The van der Waals surface area contributed by atoms with E-state index in [0.29, 0.717) is 31.2 Å². The van der Waals surface area contributed by atoms with Crippen molar-refractivity contribution in [3.05, 3.63) is 46.7 Å². The van der Waals surface area contributed by atoms with Gasteiger partial charge in [-0.25, -0.2) is 9.97 Å². The molecule has 1 aliphatic rings. The van der Waals surface area contributed by atoms with Crippen molar-refractivity contribution in [3.63, 3.8) is 0 Å². The fraction of sp³-hybridized carbons (Fsp3) is 0.476. The Morgan fingerprint density at radius 3 is 2.78 bits per heavy atom. The second-order valence-corrected chi connectivity index (χ2v) is 7.90. The van der Waals surface area contributed by atoms with Crippen LogP contribution in [0.3, 0.4) is 0 Å². The van der Waals surface area contributed by atoms with Crippen molar-refractivity contribution in [1.82, 2.24) is 15.3 Å². The second kappa shape index (κ2) is 10.8. The van der Waals surface area contributed by atoms with Crippen LogP contribution in [0.1, 0.15) is 30.9 Å². The Morgan fingerprint density at radius 1 is 1.28 bits per heavy atom. The van der Waals surface area contributed by atoms with Gasteiger partial charge in [0.15, 0.2) is 5.82 Å². The van der Waals surface area contributed by atoms with Crippen molar-refractivity contribution in [2.75, 3.05) is 25.1 Å². The third-order valence-corrected chi connectivity index (χ3v) is 5.29. The van der Waals surface area contributed by atoms with E-state index in [4.69, 9.17) is 21.1 Å². The highest BCUT2D eigenvalue weighted by Gasteiger charge is 2.31. The number of hydrogen-bond donors (Lipinski definition) is 2. The molecule has 1 heterocycles. The third kappa shape index (κ3) is 6.96. The van der Waals surface area contributed by atoms with E-state index in [9.17, 15) is 18.0 Å². The van der Waals surface area contributed by atoms with Crippen LogP contribution in [0.5, 0.6) is 5.88 Å². The van der Waals surface area contributed by atoms with Gasteiger partial charge in [0.05, 0.1) is 24.9 Å². The number of alkyl halides is 3. The van der Waals surface area contributed by atoms with E-state index < -0.39 is 11.7 Å². The van der Waals surface area contributed by atoms with Gasteiger partial charge in [-0.2, -0.15) is 13.2 Å². The van der Waals surface area contributed by atoms with Gasteiger partial charge in [0.1, 0.15) is 11.3 Å². The van der Waals surface area contributed by atoms with Gasteiger partial charge in [-0.05, 0) is 36.5 Å². The number of rotatable bonds is 10. The predicted octanol–water partition coefficient (Wildman–Crippen LogP) is 4.07. The van der Waals surface area contributed by atoms with Gasteiger partial charge in [0.25, 0.3) is 0 Å². The summed E-state index contributed by atoms with van der Waals surface area (Å²) in [6, 6.07) is 5.03. The van der Waals surface area contributed by atoms with Crippen molar-refractivity contribution >= 4 is 23.3 Å². The number of nitrogens with one attached hydrogen (secondary N) is 2. The van der Waals surface area contributed by atoms with Crippen molar-refractivity contribution in [1.29, 1.82) is 0 Å². The zero-order chi connectivity index (χ0) is 23.1. The quantitative estimate of drug-likeness (QED) is 0.507. The number of ether oxygens (including phenoxy) is 2. The zero-order valence-electron chi connectivity index (χ0n) is 17.4. The highest BCUT2D eigenvalue weighted by Crippen LogP contribution is 2.33. The maximum absolute atomic E-state index is 12.9. The Labute approximate surface area is 188 Å². The van der Waals surface area contributed by atoms with E-state index in [1.165, 1.54) is 19.3 Å². The summed E-state index contributed by atoms with van der Waals surface area (Å²) in [7, 11) is 0. The molecule has 7 nitrogen and oxygen atoms in total. The zero-order valence-corrected chi connectivity index (χ0v) is 18.2. The second-order valence-electron chi connectivity index (χ2n) is 7.52. The smallest absolute Gasteiger partial charge is 0.416 e. The summed E-state index contributed by atoms with van der Waals surface area (Å²) in [5, 5.41) is 5.77. The van der Waals surface area contributed by atoms with E-state index in [1.807, 2.05) is 0 Å². The molecule has 0 aliphatic heterocycles. The largest absolute Gasteiger partial charge is 0.476 e. The number of carbonyl (C=O) groups excluding carboxylic acids is 1. The maximum Gasteiger partial charge on any atom is 0.416 e.